The molecule has 1 saturated heterocycles. The fourth-order valence-electron chi connectivity index (χ4n) is 2.71. The highest BCUT2D eigenvalue weighted by molar-refractivity contribution is 6.02. The van der Waals surface area contributed by atoms with Crippen LogP contribution in [0.5, 0.6) is 0 Å². The van der Waals surface area contributed by atoms with Gasteiger partial charge < -0.3 is 4.74 Å². The second kappa shape index (κ2) is 5.92. The number of carbonyl (C=O) groups is 1. The standard InChI is InChI=1S/C17H20N2O2/c1-12(2)19-8-9-21-16(11-19)17(20)14-5-6-15-13(10-14)4-3-7-18-15/h3-7,10,12,16H,8-9,11H2,1-2H3. The number of ketones is 1. The number of nitrogens with zero attached hydrogens (tertiary/aromatic N) is 2. The van der Waals surface area contributed by atoms with Crippen LogP contribution in [0, 0.1) is 0 Å². The van der Waals surface area contributed by atoms with Gasteiger partial charge in [0.05, 0.1) is 12.1 Å². The first-order valence-corrected chi connectivity index (χ1v) is 7.40. The van der Waals surface area contributed by atoms with Crippen molar-refractivity contribution in [3.8, 4) is 0 Å². The van der Waals surface area contributed by atoms with Crippen molar-refractivity contribution in [1.29, 1.82) is 0 Å². The molecule has 1 atom stereocenters. The van der Waals surface area contributed by atoms with E-state index >= 15 is 0 Å². The van der Waals surface area contributed by atoms with Crippen LogP contribution in [-0.2, 0) is 4.74 Å². The van der Waals surface area contributed by atoms with Crippen molar-refractivity contribution in [3.63, 3.8) is 0 Å². The number of hydrogen-bond acceptors (Lipinski definition) is 4. The lowest BCUT2D eigenvalue weighted by molar-refractivity contribution is -0.0256. The zero-order chi connectivity index (χ0) is 14.8. The smallest absolute Gasteiger partial charge is 0.192 e. The van der Waals surface area contributed by atoms with Crippen molar-refractivity contribution in [2.75, 3.05) is 19.7 Å². The summed E-state index contributed by atoms with van der Waals surface area (Å²) in [5.74, 6) is 0.0612. The van der Waals surface area contributed by atoms with E-state index in [1.54, 1.807) is 6.20 Å². The van der Waals surface area contributed by atoms with Crippen molar-refractivity contribution in [3.05, 3.63) is 42.1 Å². The predicted molar refractivity (Wildman–Crippen MR) is 82.5 cm³/mol. The van der Waals surface area contributed by atoms with E-state index in [2.05, 4.69) is 23.7 Å². The van der Waals surface area contributed by atoms with Gasteiger partial charge in [-0.25, -0.2) is 0 Å². The molecule has 21 heavy (non-hydrogen) atoms. The van der Waals surface area contributed by atoms with Crippen LogP contribution in [0.15, 0.2) is 36.5 Å². The topological polar surface area (TPSA) is 42.4 Å². The summed E-state index contributed by atoms with van der Waals surface area (Å²) < 4.78 is 5.68. The Hall–Kier alpha value is -1.78. The van der Waals surface area contributed by atoms with Crippen LogP contribution in [0.25, 0.3) is 10.9 Å². The molecule has 4 heteroatoms. The number of ether oxygens (including phenoxy) is 1. The van der Waals surface area contributed by atoms with E-state index in [-0.39, 0.29) is 11.9 Å². The van der Waals surface area contributed by atoms with E-state index in [1.807, 2.05) is 30.3 Å². The summed E-state index contributed by atoms with van der Waals surface area (Å²) in [5.41, 5.74) is 1.61. The van der Waals surface area contributed by atoms with Gasteiger partial charge in [-0.3, -0.25) is 14.7 Å². The molecule has 1 aliphatic heterocycles. The maximum Gasteiger partial charge on any atom is 0.192 e. The summed E-state index contributed by atoms with van der Waals surface area (Å²) in [6, 6.07) is 9.93. The fourth-order valence-corrected chi connectivity index (χ4v) is 2.71. The number of fused-ring (bicyclic) bond motifs is 1. The third-order valence-electron chi connectivity index (χ3n) is 4.01. The minimum Gasteiger partial charge on any atom is -0.367 e. The third kappa shape index (κ3) is 2.96. The number of hydrogen-bond donors (Lipinski definition) is 0. The first kappa shape index (κ1) is 14.2. The Balaban J connectivity index is 1.82. The van der Waals surface area contributed by atoms with Crippen LogP contribution < -0.4 is 0 Å². The summed E-state index contributed by atoms with van der Waals surface area (Å²) in [6.07, 6.45) is 1.39. The number of rotatable bonds is 3. The maximum absolute atomic E-state index is 12.6. The molecule has 1 aromatic carbocycles. The Morgan fingerprint density at radius 3 is 3.05 bits per heavy atom. The second-order valence-electron chi connectivity index (χ2n) is 5.72. The average Bonchev–Trinajstić information content (AvgIpc) is 2.53. The molecule has 2 heterocycles. The number of aromatic nitrogens is 1. The van der Waals surface area contributed by atoms with E-state index in [9.17, 15) is 4.79 Å². The summed E-state index contributed by atoms with van der Waals surface area (Å²) in [4.78, 5) is 19.2. The third-order valence-corrected chi connectivity index (χ3v) is 4.01. The van der Waals surface area contributed by atoms with Gasteiger partial charge in [0.25, 0.3) is 0 Å². The molecule has 0 radical (unpaired) electrons. The molecule has 2 aromatic rings. The van der Waals surface area contributed by atoms with Gasteiger partial charge in [-0.2, -0.15) is 0 Å². The molecule has 110 valence electrons. The van der Waals surface area contributed by atoms with Crippen LogP contribution in [0.4, 0.5) is 0 Å². The number of carbonyl (C=O) groups excluding carboxylic acids is 1. The van der Waals surface area contributed by atoms with Crippen molar-refractivity contribution in [2.45, 2.75) is 26.0 Å². The molecule has 0 saturated carbocycles. The summed E-state index contributed by atoms with van der Waals surface area (Å²) >= 11 is 0. The van der Waals surface area contributed by atoms with E-state index in [4.69, 9.17) is 4.74 Å². The van der Waals surface area contributed by atoms with Crippen molar-refractivity contribution in [1.82, 2.24) is 9.88 Å². The Kier molecular flexibility index (Phi) is 3.99. The number of pyridine rings is 1. The largest absolute Gasteiger partial charge is 0.367 e. The molecular weight excluding hydrogens is 264 g/mol. The first-order valence-electron chi connectivity index (χ1n) is 7.40. The number of benzene rings is 1. The van der Waals surface area contributed by atoms with Gasteiger partial charge in [-0.15, -0.1) is 0 Å². The molecule has 1 fully saturated rings. The normalized spacial score (nSPS) is 20.0. The lowest BCUT2D eigenvalue weighted by atomic mass is 10.0. The molecule has 3 rings (SSSR count). The fraction of sp³-hybridized carbons (Fsp3) is 0.412. The van der Waals surface area contributed by atoms with E-state index < -0.39 is 0 Å². The van der Waals surface area contributed by atoms with Gasteiger partial charge in [0.1, 0.15) is 6.10 Å². The first-order chi connectivity index (χ1) is 10.1. The summed E-state index contributed by atoms with van der Waals surface area (Å²) in [7, 11) is 0. The summed E-state index contributed by atoms with van der Waals surface area (Å²) in [6.45, 7) is 6.47. The van der Waals surface area contributed by atoms with Gasteiger partial charge in [0.15, 0.2) is 5.78 Å². The minimum absolute atomic E-state index is 0.0612. The van der Waals surface area contributed by atoms with Crippen molar-refractivity contribution < 1.29 is 9.53 Å². The van der Waals surface area contributed by atoms with Gasteiger partial charge in [-0.05, 0) is 38.1 Å². The molecule has 0 spiro atoms. The zero-order valence-corrected chi connectivity index (χ0v) is 12.5. The van der Waals surface area contributed by atoms with Gasteiger partial charge in [-0.1, -0.05) is 6.07 Å². The van der Waals surface area contributed by atoms with Gasteiger partial charge in [0, 0.05) is 36.3 Å². The lowest BCUT2D eigenvalue weighted by Gasteiger charge is -2.34. The Bertz CT molecular complexity index is 654. The molecule has 0 bridgehead atoms. The molecule has 1 aromatic heterocycles. The van der Waals surface area contributed by atoms with Crippen LogP contribution in [0.2, 0.25) is 0 Å². The van der Waals surface area contributed by atoms with Gasteiger partial charge in [0.2, 0.25) is 0 Å². The van der Waals surface area contributed by atoms with Crippen molar-refractivity contribution in [2.24, 2.45) is 0 Å². The van der Waals surface area contributed by atoms with Crippen molar-refractivity contribution >= 4 is 16.7 Å². The predicted octanol–water partition coefficient (Wildman–Crippen LogP) is 2.53. The van der Waals surface area contributed by atoms with Crippen LogP contribution in [0.1, 0.15) is 24.2 Å². The maximum atomic E-state index is 12.6. The van der Waals surface area contributed by atoms with E-state index in [0.717, 1.165) is 17.4 Å². The monoisotopic (exact) mass is 284 g/mol. The highest BCUT2D eigenvalue weighted by Gasteiger charge is 2.28. The molecule has 0 amide bonds. The molecule has 0 aliphatic carbocycles. The SMILES string of the molecule is CC(C)N1CCOC(C(=O)c2ccc3ncccc3c2)C1. The Morgan fingerprint density at radius 2 is 2.24 bits per heavy atom. The number of Topliss-reactive ketones (excluding diaryl/α,β-unsaturated/α-hetero) is 1. The molecule has 4 nitrogen and oxygen atoms in total. The zero-order valence-electron chi connectivity index (χ0n) is 12.5. The molecule has 0 N–H and O–H groups in total. The average molecular weight is 284 g/mol. The van der Waals surface area contributed by atoms with E-state index in [1.165, 1.54) is 0 Å². The molecule has 1 aliphatic rings. The minimum atomic E-state index is -0.365. The molecule has 1 unspecified atom stereocenters. The number of morpholine rings is 1. The Labute approximate surface area is 124 Å². The second-order valence-corrected chi connectivity index (χ2v) is 5.72. The molecular formula is C17H20N2O2. The highest BCUT2D eigenvalue weighted by Crippen LogP contribution is 2.18. The highest BCUT2D eigenvalue weighted by atomic mass is 16.5. The van der Waals surface area contributed by atoms with Crippen LogP contribution >= 0.6 is 0 Å². The lowest BCUT2D eigenvalue weighted by Crippen LogP contribution is -2.48. The Morgan fingerprint density at radius 1 is 1.38 bits per heavy atom. The van der Waals surface area contributed by atoms with Crippen LogP contribution in [-0.4, -0.2) is 47.5 Å². The summed E-state index contributed by atoms with van der Waals surface area (Å²) in [5, 5.41) is 0.986. The quantitative estimate of drug-likeness (QED) is 0.812. The van der Waals surface area contributed by atoms with E-state index in [0.29, 0.717) is 24.8 Å². The van der Waals surface area contributed by atoms with Crippen LogP contribution in [0.3, 0.4) is 0 Å². The van der Waals surface area contributed by atoms with Gasteiger partial charge >= 0.3 is 0 Å².